The summed E-state index contributed by atoms with van der Waals surface area (Å²) in [5.41, 5.74) is 3.97. The zero-order valence-electron chi connectivity index (χ0n) is 16.2. The van der Waals surface area contributed by atoms with E-state index in [9.17, 15) is 18.3 Å². The van der Waals surface area contributed by atoms with Crippen molar-refractivity contribution in [2.75, 3.05) is 11.4 Å². The molecule has 2 heterocycles. The van der Waals surface area contributed by atoms with Crippen LogP contribution < -0.4 is 4.90 Å². The molecule has 0 unspecified atom stereocenters. The Balaban J connectivity index is 1.60. The van der Waals surface area contributed by atoms with Crippen molar-refractivity contribution in [3.63, 3.8) is 0 Å². The normalized spacial score (nSPS) is 14.7. The summed E-state index contributed by atoms with van der Waals surface area (Å²) in [6.07, 6.45) is -4.42. The number of anilines is 1. The maximum atomic E-state index is 12.8. The number of benzene rings is 2. The van der Waals surface area contributed by atoms with Crippen LogP contribution in [0, 0.1) is 19.3 Å². The molecule has 0 fully saturated rings. The maximum absolute atomic E-state index is 12.8. The molecule has 8 heteroatoms. The lowest BCUT2D eigenvalue weighted by molar-refractivity contribution is -0.137. The highest BCUT2D eigenvalue weighted by Crippen LogP contribution is 2.36. The topological polar surface area (TPSA) is 60.2 Å². The van der Waals surface area contributed by atoms with Crippen molar-refractivity contribution in [3.05, 3.63) is 75.3 Å². The molecular formula is C22H18F3N3OS. The van der Waals surface area contributed by atoms with Crippen LogP contribution in [0.2, 0.25) is 0 Å². The lowest BCUT2D eigenvalue weighted by atomic mass is 10.1. The highest BCUT2D eigenvalue weighted by atomic mass is 32.1. The van der Waals surface area contributed by atoms with E-state index in [-0.39, 0.29) is 18.1 Å². The second-order valence-corrected chi connectivity index (χ2v) is 8.00. The standard InChI is InChI=1S/C22H18F3N3OS/c1-12-3-4-14(9-13(12)2)17-11-30-21(27-17)19-18(29)10-28(20(19)26)16-7-5-15(6-8-16)22(23,24)25/h3-9,11,26,29H,10H2,1-2H3. The van der Waals surface area contributed by atoms with E-state index < -0.39 is 11.7 Å². The molecule has 30 heavy (non-hydrogen) atoms. The van der Waals surface area contributed by atoms with E-state index in [1.807, 2.05) is 37.4 Å². The summed E-state index contributed by atoms with van der Waals surface area (Å²) in [6.45, 7) is 4.07. The van der Waals surface area contributed by atoms with Crippen LogP contribution in [0.5, 0.6) is 0 Å². The van der Waals surface area contributed by atoms with Gasteiger partial charge in [-0.1, -0.05) is 12.1 Å². The first-order valence-electron chi connectivity index (χ1n) is 9.14. The van der Waals surface area contributed by atoms with Gasteiger partial charge in [0.15, 0.2) is 0 Å². The van der Waals surface area contributed by atoms with Crippen molar-refractivity contribution in [1.82, 2.24) is 4.98 Å². The molecule has 0 saturated carbocycles. The SMILES string of the molecule is Cc1ccc(-c2csc(C3=C(O)CN(c4ccc(C(F)(F)F)cc4)C3=N)n2)cc1C. The Morgan fingerprint density at radius 2 is 1.77 bits per heavy atom. The zero-order chi connectivity index (χ0) is 21.6. The fourth-order valence-electron chi connectivity index (χ4n) is 3.28. The number of hydrogen-bond acceptors (Lipinski definition) is 4. The fourth-order valence-corrected chi connectivity index (χ4v) is 4.17. The maximum Gasteiger partial charge on any atom is 0.416 e. The minimum Gasteiger partial charge on any atom is -0.510 e. The molecule has 1 aliphatic heterocycles. The number of aromatic nitrogens is 1. The van der Waals surface area contributed by atoms with E-state index in [0.29, 0.717) is 16.3 Å². The molecule has 4 nitrogen and oxygen atoms in total. The Morgan fingerprint density at radius 1 is 1.07 bits per heavy atom. The summed E-state index contributed by atoms with van der Waals surface area (Å²) in [7, 11) is 0. The van der Waals surface area contributed by atoms with Gasteiger partial charge in [0.05, 0.1) is 23.4 Å². The molecule has 0 spiro atoms. The first-order chi connectivity index (χ1) is 14.1. The van der Waals surface area contributed by atoms with Crippen LogP contribution in [0.15, 0.2) is 53.6 Å². The number of hydrogen-bond donors (Lipinski definition) is 2. The minimum absolute atomic E-state index is 0.00763. The zero-order valence-corrected chi connectivity index (χ0v) is 17.0. The molecule has 1 aliphatic rings. The number of aliphatic hydroxyl groups is 1. The lowest BCUT2D eigenvalue weighted by Crippen LogP contribution is -2.26. The molecule has 0 amide bonds. The highest BCUT2D eigenvalue weighted by molar-refractivity contribution is 7.11. The van der Waals surface area contributed by atoms with Crippen LogP contribution in [-0.4, -0.2) is 22.5 Å². The van der Waals surface area contributed by atoms with Crippen LogP contribution >= 0.6 is 11.3 Å². The average molecular weight is 429 g/mol. The third-order valence-corrected chi connectivity index (χ3v) is 5.99. The average Bonchev–Trinajstić information content (AvgIpc) is 3.28. The number of alkyl halides is 3. The third-order valence-electron chi connectivity index (χ3n) is 5.13. The molecule has 2 N–H and O–H groups in total. The Labute approximate surface area is 175 Å². The van der Waals surface area contributed by atoms with Crippen molar-refractivity contribution >= 4 is 28.4 Å². The van der Waals surface area contributed by atoms with E-state index in [2.05, 4.69) is 4.98 Å². The smallest absolute Gasteiger partial charge is 0.416 e. The van der Waals surface area contributed by atoms with Gasteiger partial charge in [-0.05, 0) is 55.3 Å². The molecule has 0 saturated heterocycles. The second-order valence-electron chi connectivity index (χ2n) is 7.14. The van der Waals surface area contributed by atoms with Crippen molar-refractivity contribution in [3.8, 4) is 11.3 Å². The Hall–Kier alpha value is -3.13. The van der Waals surface area contributed by atoms with Crippen molar-refractivity contribution in [1.29, 1.82) is 5.41 Å². The van der Waals surface area contributed by atoms with Crippen LogP contribution in [0.1, 0.15) is 21.7 Å². The lowest BCUT2D eigenvalue weighted by Gasteiger charge is -2.19. The molecule has 2 aromatic carbocycles. The van der Waals surface area contributed by atoms with Crippen LogP contribution in [-0.2, 0) is 6.18 Å². The molecule has 0 aliphatic carbocycles. The minimum atomic E-state index is -4.42. The van der Waals surface area contributed by atoms with Gasteiger partial charge < -0.3 is 10.0 Å². The van der Waals surface area contributed by atoms with Gasteiger partial charge in [-0.2, -0.15) is 13.2 Å². The molecule has 1 aromatic heterocycles. The highest BCUT2D eigenvalue weighted by Gasteiger charge is 2.33. The number of nitrogens with zero attached hydrogens (tertiary/aromatic N) is 2. The van der Waals surface area contributed by atoms with Gasteiger partial charge in [0.1, 0.15) is 16.6 Å². The summed E-state index contributed by atoms with van der Waals surface area (Å²) in [6, 6.07) is 10.6. The van der Waals surface area contributed by atoms with Gasteiger partial charge in [0.2, 0.25) is 0 Å². The summed E-state index contributed by atoms with van der Waals surface area (Å²) in [5.74, 6) is -0.0193. The Morgan fingerprint density at radius 3 is 2.40 bits per heavy atom. The number of thiazole rings is 1. The van der Waals surface area contributed by atoms with E-state index >= 15 is 0 Å². The molecular weight excluding hydrogens is 411 g/mol. The Bertz CT molecular complexity index is 1160. The first-order valence-corrected chi connectivity index (χ1v) is 10.0. The van der Waals surface area contributed by atoms with Crippen LogP contribution in [0.25, 0.3) is 16.8 Å². The summed E-state index contributed by atoms with van der Waals surface area (Å²) >= 11 is 1.32. The molecule has 4 rings (SSSR count). The third kappa shape index (κ3) is 3.59. The summed E-state index contributed by atoms with van der Waals surface area (Å²) in [5, 5.41) is 21.3. The van der Waals surface area contributed by atoms with Crippen LogP contribution in [0.3, 0.4) is 0 Å². The molecule has 154 valence electrons. The number of aliphatic hydroxyl groups excluding tert-OH is 1. The van der Waals surface area contributed by atoms with Gasteiger partial charge in [0, 0.05) is 16.6 Å². The van der Waals surface area contributed by atoms with Gasteiger partial charge in [-0.25, -0.2) is 4.98 Å². The predicted molar refractivity (Wildman–Crippen MR) is 113 cm³/mol. The largest absolute Gasteiger partial charge is 0.510 e. The number of aryl methyl sites for hydroxylation is 2. The van der Waals surface area contributed by atoms with E-state index in [1.165, 1.54) is 33.9 Å². The van der Waals surface area contributed by atoms with Crippen molar-refractivity contribution in [2.24, 2.45) is 0 Å². The number of halogens is 3. The van der Waals surface area contributed by atoms with Crippen molar-refractivity contribution in [2.45, 2.75) is 20.0 Å². The van der Waals surface area contributed by atoms with E-state index in [1.54, 1.807) is 0 Å². The molecule has 0 atom stereocenters. The summed E-state index contributed by atoms with van der Waals surface area (Å²) < 4.78 is 38.4. The molecule has 3 aromatic rings. The second kappa shape index (κ2) is 7.28. The first kappa shape index (κ1) is 20.2. The monoisotopic (exact) mass is 429 g/mol. The van der Waals surface area contributed by atoms with Gasteiger partial charge >= 0.3 is 6.18 Å². The number of nitrogens with one attached hydrogen (secondary N) is 1. The van der Waals surface area contributed by atoms with E-state index in [4.69, 9.17) is 5.41 Å². The van der Waals surface area contributed by atoms with Crippen molar-refractivity contribution < 1.29 is 18.3 Å². The van der Waals surface area contributed by atoms with Crippen LogP contribution in [0.4, 0.5) is 18.9 Å². The van der Waals surface area contributed by atoms with Gasteiger partial charge in [-0.15, -0.1) is 11.3 Å². The van der Waals surface area contributed by atoms with Gasteiger partial charge in [0.25, 0.3) is 0 Å². The molecule has 0 radical (unpaired) electrons. The number of amidine groups is 1. The fraction of sp³-hybridized carbons (Fsp3) is 0.182. The Kier molecular flexibility index (Phi) is 4.89. The quantitative estimate of drug-likeness (QED) is 0.520. The molecule has 0 bridgehead atoms. The number of rotatable bonds is 3. The van der Waals surface area contributed by atoms with E-state index in [0.717, 1.165) is 29.0 Å². The summed E-state index contributed by atoms with van der Waals surface area (Å²) in [4.78, 5) is 6.05. The van der Waals surface area contributed by atoms with Gasteiger partial charge in [-0.3, -0.25) is 5.41 Å². The predicted octanol–water partition coefficient (Wildman–Crippen LogP) is 6.21.